The van der Waals surface area contributed by atoms with Crippen molar-refractivity contribution in [2.75, 3.05) is 20.1 Å². The molecule has 1 fully saturated rings. The third-order valence-corrected chi connectivity index (χ3v) is 7.04. The molecule has 2 aromatic carbocycles. The molecule has 0 radical (unpaired) electrons. The smallest absolute Gasteiger partial charge is 0.416 e. The van der Waals surface area contributed by atoms with Crippen LogP contribution in [0.3, 0.4) is 0 Å². The maximum Gasteiger partial charge on any atom is 0.416 e. The fourth-order valence-electron chi connectivity index (χ4n) is 3.96. The molecule has 4 rings (SSSR count). The van der Waals surface area contributed by atoms with Gasteiger partial charge >= 0.3 is 12.3 Å². The Balaban J connectivity index is 1.48. The van der Waals surface area contributed by atoms with Crippen LogP contribution in [-0.2, 0) is 22.3 Å². The van der Waals surface area contributed by atoms with Gasteiger partial charge in [-0.3, -0.25) is 19.2 Å². The number of halogens is 4. The van der Waals surface area contributed by atoms with Crippen molar-refractivity contribution in [3.05, 3.63) is 69.2 Å². The number of imide groups is 1. The summed E-state index contributed by atoms with van der Waals surface area (Å²) in [6, 6.07) is 8.74. The molecular weight excluding hydrogens is 569 g/mol. The molecule has 3 aromatic rings. The Morgan fingerprint density at radius 2 is 1.88 bits per heavy atom. The van der Waals surface area contributed by atoms with Gasteiger partial charge in [0.1, 0.15) is 5.60 Å². The Kier molecular flexibility index (Phi) is 8.23. The molecule has 8 nitrogen and oxygen atoms in total. The summed E-state index contributed by atoms with van der Waals surface area (Å²) < 4.78 is 47.3. The number of ether oxygens (including phenoxy) is 1. The van der Waals surface area contributed by atoms with Gasteiger partial charge in [-0.15, -0.1) is 0 Å². The molecule has 0 aliphatic carbocycles. The fraction of sp³-hybridized carbons (Fsp3) is 0.333. The molecule has 3 amide bonds. The van der Waals surface area contributed by atoms with E-state index in [-0.39, 0.29) is 35.1 Å². The van der Waals surface area contributed by atoms with Crippen LogP contribution in [-0.4, -0.2) is 62.6 Å². The molecule has 0 unspecified atom stereocenters. The quantitative estimate of drug-likeness (QED) is 0.297. The number of carbonyl (C=O) groups is 3. The summed E-state index contributed by atoms with van der Waals surface area (Å²) in [5, 5.41) is 4.43. The number of thioether (sulfide) groups is 1. The van der Waals surface area contributed by atoms with E-state index in [0.29, 0.717) is 16.5 Å². The first-order valence-corrected chi connectivity index (χ1v) is 13.3. The minimum Gasteiger partial charge on any atom is -0.444 e. The zero-order valence-corrected chi connectivity index (χ0v) is 23.7. The van der Waals surface area contributed by atoms with Crippen LogP contribution in [0.2, 0.25) is 5.02 Å². The Bertz CT molecular complexity index is 1510. The zero-order chi connectivity index (χ0) is 29.4. The Morgan fingerprint density at radius 3 is 2.55 bits per heavy atom. The maximum atomic E-state index is 13.5. The van der Waals surface area contributed by atoms with E-state index in [1.165, 1.54) is 35.0 Å². The molecule has 1 aliphatic rings. The van der Waals surface area contributed by atoms with Crippen LogP contribution in [0.15, 0.2) is 47.5 Å². The van der Waals surface area contributed by atoms with E-state index >= 15 is 0 Å². The average molecular weight is 595 g/mol. The second-order valence-electron chi connectivity index (χ2n) is 10.2. The molecule has 40 heavy (non-hydrogen) atoms. The number of carbonyl (C=O) groups excluding carboxylic acids is 3. The molecule has 1 saturated heterocycles. The van der Waals surface area contributed by atoms with Gasteiger partial charge in [-0.25, -0.2) is 4.79 Å². The second-order valence-corrected chi connectivity index (χ2v) is 11.6. The van der Waals surface area contributed by atoms with Crippen molar-refractivity contribution in [3.63, 3.8) is 0 Å². The van der Waals surface area contributed by atoms with Crippen LogP contribution in [0.4, 0.5) is 22.8 Å². The monoisotopic (exact) mass is 594 g/mol. The minimum absolute atomic E-state index is 0.00810. The summed E-state index contributed by atoms with van der Waals surface area (Å²) >= 11 is 6.57. The Labute approximate surface area is 237 Å². The van der Waals surface area contributed by atoms with Gasteiger partial charge < -0.3 is 9.64 Å². The summed E-state index contributed by atoms with van der Waals surface area (Å²) in [4.78, 5) is 40.1. The van der Waals surface area contributed by atoms with Gasteiger partial charge in [0.2, 0.25) is 0 Å². The third kappa shape index (κ3) is 6.79. The molecule has 0 N–H and O–H groups in total. The van der Waals surface area contributed by atoms with Gasteiger partial charge in [-0.05, 0) is 74.0 Å². The van der Waals surface area contributed by atoms with Crippen molar-refractivity contribution in [1.29, 1.82) is 0 Å². The molecule has 1 aliphatic heterocycles. The van der Waals surface area contributed by atoms with Crippen molar-refractivity contribution in [2.45, 2.75) is 39.1 Å². The van der Waals surface area contributed by atoms with E-state index in [1.807, 2.05) is 0 Å². The molecular formula is C27H26ClF3N4O4S. The van der Waals surface area contributed by atoms with E-state index in [0.717, 1.165) is 22.7 Å². The molecule has 1 aromatic heterocycles. The van der Waals surface area contributed by atoms with Gasteiger partial charge in [0.25, 0.3) is 11.1 Å². The molecule has 0 atom stereocenters. The zero-order valence-electron chi connectivity index (χ0n) is 22.1. The Morgan fingerprint density at radius 1 is 1.15 bits per heavy atom. The van der Waals surface area contributed by atoms with E-state index < -0.39 is 34.6 Å². The van der Waals surface area contributed by atoms with E-state index in [2.05, 4.69) is 5.10 Å². The molecule has 0 saturated carbocycles. The van der Waals surface area contributed by atoms with Gasteiger partial charge in [0.05, 0.1) is 28.7 Å². The van der Waals surface area contributed by atoms with Crippen molar-refractivity contribution in [1.82, 2.24) is 19.6 Å². The standard InChI is InChI=1S/C27H26ClF3N4O4S/c1-26(2,3)39-24(37)33(4)9-10-34-23(36)22(40-25(34)38)12-16-5-8-21-18(11-16)14-32-35(21)15-17-6-7-19(28)13-20(17)27(29,30)31/h5-8,11-14H,9-10,15H2,1-4H3. The lowest BCUT2D eigenvalue weighted by Crippen LogP contribution is -2.40. The topological polar surface area (TPSA) is 84.7 Å². The number of amides is 3. The third-order valence-electron chi connectivity index (χ3n) is 5.90. The lowest BCUT2D eigenvalue weighted by Gasteiger charge is -2.25. The highest BCUT2D eigenvalue weighted by Gasteiger charge is 2.36. The lowest BCUT2D eigenvalue weighted by atomic mass is 10.1. The number of aromatic nitrogens is 2. The number of fused-ring (bicyclic) bond motifs is 1. The van der Waals surface area contributed by atoms with Crippen LogP contribution >= 0.6 is 23.4 Å². The van der Waals surface area contributed by atoms with Crippen LogP contribution in [0, 0.1) is 0 Å². The SMILES string of the molecule is CN(CCN1C(=O)SC(=Cc2ccc3c(cnn3Cc3ccc(Cl)cc3C(F)(F)F)c2)C1=O)C(=O)OC(C)(C)C. The predicted octanol–water partition coefficient (Wildman–Crippen LogP) is 6.66. The van der Waals surface area contributed by atoms with Gasteiger partial charge in [-0.1, -0.05) is 23.7 Å². The molecule has 2 heterocycles. The largest absolute Gasteiger partial charge is 0.444 e. The first-order chi connectivity index (χ1) is 18.6. The van der Waals surface area contributed by atoms with Crippen LogP contribution in [0.5, 0.6) is 0 Å². The molecule has 0 spiro atoms. The number of rotatable bonds is 6. The normalized spacial score (nSPS) is 15.4. The average Bonchev–Trinajstić information content (AvgIpc) is 3.36. The highest BCUT2D eigenvalue weighted by atomic mass is 35.5. The second kappa shape index (κ2) is 11.2. The summed E-state index contributed by atoms with van der Waals surface area (Å²) in [7, 11) is 1.52. The summed E-state index contributed by atoms with van der Waals surface area (Å²) in [6.45, 7) is 5.22. The summed E-state index contributed by atoms with van der Waals surface area (Å²) in [5.74, 6) is -0.481. The first kappa shape index (κ1) is 29.5. The van der Waals surface area contributed by atoms with Crippen LogP contribution in [0.1, 0.15) is 37.5 Å². The number of benzene rings is 2. The van der Waals surface area contributed by atoms with Crippen molar-refractivity contribution < 1.29 is 32.3 Å². The number of likely N-dealkylation sites (N-methyl/N-ethyl adjacent to an activating group) is 1. The molecule has 0 bridgehead atoms. The maximum absolute atomic E-state index is 13.5. The number of nitrogens with zero attached hydrogens (tertiary/aromatic N) is 4. The Hall–Kier alpha value is -3.51. The number of hydrogen-bond donors (Lipinski definition) is 0. The summed E-state index contributed by atoms with van der Waals surface area (Å²) in [6.07, 6.45) is -2.03. The summed E-state index contributed by atoms with van der Waals surface area (Å²) in [5.41, 5.74) is -0.259. The highest BCUT2D eigenvalue weighted by Crippen LogP contribution is 2.35. The van der Waals surface area contributed by atoms with E-state index in [1.54, 1.807) is 45.0 Å². The highest BCUT2D eigenvalue weighted by molar-refractivity contribution is 8.18. The fourth-order valence-corrected chi connectivity index (χ4v) is 5.00. The van der Waals surface area contributed by atoms with Crippen LogP contribution in [0.25, 0.3) is 17.0 Å². The minimum atomic E-state index is -4.56. The van der Waals surface area contributed by atoms with E-state index in [4.69, 9.17) is 16.3 Å². The van der Waals surface area contributed by atoms with Crippen molar-refractivity contribution in [2.24, 2.45) is 0 Å². The predicted molar refractivity (Wildman–Crippen MR) is 147 cm³/mol. The van der Waals surface area contributed by atoms with Gasteiger partial charge in [0, 0.05) is 30.5 Å². The number of alkyl halides is 3. The van der Waals surface area contributed by atoms with Gasteiger partial charge in [0.15, 0.2) is 0 Å². The van der Waals surface area contributed by atoms with Crippen LogP contribution < -0.4 is 0 Å². The lowest BCUT2D eigenvalue weighted by molar-refractivity contribution is -0.138. The number of hydrogen-bond acceptors (Lipinski definition) is 6. The van der Waals surface area contributed by atoms with Crippen molar-refractivity contribution in [3.8, 4) is 0 Å². The molecule has 212 valence electrons. The van der Waals surface area contributed by atoms with E-state index in [9.17, 15) is 27.6 Å². The first-order valence-electron chi connectivity index (χ1n) is 12.1. The van der Waals surface area contributed by atoms with Crippen molar-refractivity contribution >= 4 is 57.6 Å². The van der Waals surface area contributed by atoms with Gasteiger partial charge in [-0.2, -0.15) is 18.3 Å². The molecule has 13 heteroatoms.